The van der Waals surface area contributed by atoms with Crippen molar-refractivity contribution in [1.29, 1.82) is 0 Å². The van der Waals surface area contributed by atoms with Crippen molar-refractivity contribution in [1.82, 2.24) is 10.9 Å². The zero-order chi connectivity index (χ0) is 18.1. The van der Waals surface area contributed by atoms with E-state index in [9.17, 15) is 14.0 Å². The molecule has 0 aliphatic rings. The summed E-state index contributed by atoms with van der Waals surface area (Å²) in [5.74, 6) is -1.19. The molecule has 0 unspecified atom stereocenters. The molecule has 0 atom stereocenters. The molecule has 2 aromatic carbocycles. The highest BCUT2D eigenvalue weighted by Gasteiger charge is 2.12. The molecule has 0 aromatic heterocycles. The van der Waals surface area contributed by atoms with Gasteiger partial charge in [-0.15, -0.1) is 0 Å². The fourth-order valence-corrected chi connectivity index (χ4v) is 2.14. The van der Waals surface area contributed by atoms with Crippen LogP contribution in [0.1, 0.15) is 46.9 Å². The van der Waals surface area contributed by atoms with E-state index < -0.39 is 17.6 Å². The van der Waals surface area contributed by atoms with Gasteiger partial charge >= 0.3 is 0 Å². The summed E-state index contributed by atoms with van der Waals surface area (Å²) < 4.78 is 19.1. The Hall–Kier alpha value is -2.89. The fourth-order valence-electron chi connectivity index (χ4n) is 2.14. The van der Waals surface area contributed by atoms with Crippen LogP contribution in [-0.2, 0) is 0 Å². The molecule has 0 bridgehead atoms. The van der Waals surface area contributed by atoms with Gasteiger partial charge < -0.3 is 4.74 Å². The van der Waals surface area contributed by atoms with Gasteiger partial charge in [0.15, 0.2) is 0 Å². The lowest BCUT2D eigenvalue weighted by molar-refractivity contribution is 0.0844. The van der Waals surface area contributed by atoms with E-state index in [-0.39, 0.29) is 5.56 Å². The molecule has 6 heteroatoms. The lowest BCUT2D eigenvalue weighted by Gasteiger charge is -2.09. The molecule has 0 heterocycles. The van der Waals surface area contributed by atoms with Gasteiger partial charge in [0.05, 0.1) is 12.2 Å². The van der Waals surface area contributed by atoms with Crippen molar-refractivity contribution in [3.05, 3.63) is 65.5 Å². The van der Waals surface area contributed by atoms with Crippen molar-refractivity contribution in [2.24, 2.45) is 0 Å². The first-order valence-electron chi connectivity index (χ1n) is 8.20. The number of hydrogen-bond donors (Lipinski definition) is 2. The molecule has 132 valence electrons. The Bertz CT molecular complexity index is 717. The number of rotatable bonds is 7. The zero-order valence-electron chi connectivity index (χ0n) is 14.0. The Labute approximate surface area is 146 Å². The minimum atomic E-state index is -0.720. The maximum Gasteiger partial charge on any atom is 0.272 e. The van der Waals surface area contributed by atoms with Crippen LogP contribution in [0.3, 0.4) is 0 Å². The van der Waals surface area contributed by atoms with E-state index in [1.54, 1.807) is 30.3 Å². The van der Waals surface area contributed by atoms with Crippen molar-refractivity contribution < 1.29 is 18.7 Å². The molecule has 0 aliphatic carbocycles. The van der Waals surface area contributed by atoms with Gasteiger partial charge in [-0.2, -0.15) is 0 Å². The van der Waals surface area contributed by atoms with Gasteiger partial charge in [0, 0.05) is 5.56 Å². The van der Waals surface area contributed by atoms with Crippen LogP contribution in [0.25, 0.3) is 0 Å². The summed E-state index contributed by atoms with van der Waals surface area (Å²) in [7, 11) is 0. The largest absolute Gasteiger partial charge is 0.494 e. The number of ether oxygens (including phenoxy) is 1. The zero-order valence-corrected chi connectivity index (χ0v) is 14.0. The van der Waals surface area contributed by atoms with Crippen LogP contribution in [0.5, 0.6) is 5.75 Å². The quantitative estimate of drug-likeness (QED) is 0.597. The third-order valence-electron chi connectivity index (χ3n) is 3.54. The van der Waals surface area contributed by atoms with Crippen molar-refractivity contribution >= 4 is 11.8 Å². The van der Waals surface area contributed by atoms with Gasteiger partial charge in [-0.3, -0.25) is 20.4 Å². The lowest BCUT2D eigenvalue weighted by atomic mass is 10.2. The number of nitrogens with one attached hydrogen (secondary N) is 2. The predicted molar refractivity (Wildman–Crippen MR) is 92.8 cm³/mol. The van der Waals surface area contributed by atoms with Gasteiger partial charge in [-0.05, 0) is 42.8 Å². The van der Waals surface area contributed by atoms with Gasteiger partial charge in [-0.1, -0.05) is 31.9 Å². The lowest BCUT2D eigenvalue weighted by Crippen LogP contribution is -2.41. The Morgan fingerprint density at radius 3 is 2.32 bits per heavy atom. The third kappa shape index (κ3) is 5.60. The smallest absolute Gasteiger partial charge is 0.272 e. The summed E-state index contributed by atoms with van der Waals surface area (Å²) in [4.78, 5) is 23.9. The average Bonchev–Trinajstić information content (AvgIpc) is 2.64. The summed E-state index contributed by atoms with van der Waals surface area (Å²) in [5, 5.41) is 0. The molecule has 5 nitrogen and oxygen atoms in total. The second-order valence-electron chi connectivity index (χ2n) is 5.47. The van der Waals surface area contributed by atoms with Crippen LogP contribution in [-0.4, -0.2) is 18.4 Å². The SMILES string of the molecule is CCCCCOc1ccc(C(=O)NNC(=O)c2ccccc2F)cc1. The monoisotopic (exact) mass is 344 g/mol. The van der Waals surface area contributed by atoms with E-state index in [1.165, 1.54) is 18.2 Å². The summed E-state index contributed by atoms with van der Waals surface area (Å²) in [6, 6.07) is 12.1. The first-order valence-corrected chi connectivity index (χ1v) is 8.20. The normalized spacial score (nSPS) is 10.2. The summed E-state index contributed by atoms with van der Waals surface area (Å²) in [6.45, 7) is 2.76. The number of carbonyl (C=O) groups is 2. The maximum atomic E-state index is 13.5. The van der Waals surface area contributed by atoms with Crippen LogP contribution in [0, 0.1) is 5.82 Å². The average molecular weight is 344 g/mol. The standard InChI is InChI=1S/C19H21FN2O3/c1-2-3-6-13-25-15-11-9-14(10-12-15)18(23)21-22-19(24)16-7-4-5-8-17(16)20/h4-5,7-12H,2-3,6,13H2,1H3,(H,21,23)(H,22,24). The summed E-state index contributed by atoms with van der Waals surface area (Å²) >= 11 is 0. The van der Waals surface area contributed by atoms with Gasteiger partial charge in [-0.25, -0.2) is 4.39 Å². The Morgan fingerprint density at radius 1 is 0.960 bits per heavy atom. The minimum absolute atomic E-state index is 0.140. The van der Waals surface area contributed by atoms with E-state index >= 15 is 0 Å². The van der Waals surface area contributed by atoms with Crippen LogP contribution in [0.4, 0.5) is 4.39 Å². The molecule has 2 rings (SSSR count). The molecule has 2 amide bonds. The topological polar surface area (TPSA) is 67.4 Å². The first kappa shape index (κ1) is 18.4. The van der Waals surface area contributed by atoms with Crippen LogP contribution >= 0.6 is 0 Å². The third-order valence-corrected chi connectivity index (χ3v) is 3.54. The number of halogens is 1. The molecular weight excluding hydrogens is 323 g/mol. The highest BCUT2D eigenvalue weighted by molar-refractivity contribution is 5.99. The number of unbranched alkanes of at least 4 members (excludes halogenated alkanes) is 2. The molecule has 0 saturated carbocycles. The van der Waals surface area contributed by atoms with Gasteiger partial charge in [0.1, 0.15) is 11.6 Å². The summed E-state index contributed by atoms with van der Waals surface area (Å²) in [6.07, 6.45) is 3.23. The van der Waals surface area contributed by atoms with E-state index in [1.807, 2.05) is 0 Å². The molecular formula is C19H21FN2O3. The Morgan fingerprint density at radius 2 is 1.64 bits per heavy atom. The van der Waals surface area contributed by atoms with Crippen molar-refractivity contribution in [3.63, 3.8) is 0 Å². The van der Waals surface area contributed by atoms with Gasteiger partial charge in [0.2, 0.25) is 0 Å². The number of amides is 2. The van der Waals surface area contributed by atoms with E-state index in [0.29, 0.717) is 17.9 Å². The molecule has 0 spiro atoms. The highest BCUT2D eigenvalue weighted by Crippen LogP contribution is 2.13. The van der Waals surface area contributed by atoms with Gasteiger partial charge in [0.25, 0.3) is 11.8 Å². The van der Waals surface area contributed by atoms with E-state index in [4.69, 9.17) is 4.74 Å². The van der Waals surface area contributed by atoms with Crippen molar-refractivity contribution in [2.75, 3.05) is 6.61 Å². The molecule has 2 N–H and O–H groups in total. The van der Waals surface area contributed by atoms with Crippen molar-refractivity contribution in [2.45, 2.75) is 26.2 Å². The van der Waals surface area contributed by atoms with Crippen LogP contribution in [0.15, 0.2) is 48.5 Å². The minimum Gasteiger partial charge on any atom is -0.494 e. The number of hydrogen-bond acceptors (Lipinski definition) is 3. The Balaban J connectivity index is 1.84. The molecule has 0 aliphatic heterocycles. The second kappa shape index (κ2) is 9.42. The molecule has 25 heavy (non-hydrogen) atoms. The van der Waals surface area contributed by atoms with E-state index in [2.05, 4.69) is 17.8 Å². The van der Waals surface area contributed by atoms with Crippen molar-refractivity contribution in [3.8, 4) is 5.75 Å². The number of benzene rings is 2. The molecule has 2 aromatic rings. The molecule has 0 radical (unpaired) electrons. The molecule has 0 saturated heterocycles. The number of hydrazine groups is 1. The second-order valence-corrected chi connectivity index (χ2v) is 5.47. The fraction of sp³-hybridized carbons (Fsp3) is 0.263. The maximum absolute atomic E-state index is 13.5. The van der Waals surface area contributed by atoms with E-state index in [0.717, 1.165) is 19.3 Å². The summed E-state index contributed by atoms with van der Waals surface area (Å²) in [5.41, 5.74) is 4.67. The highest BCUT2D eigenvalue weighted by atomic mass is 19.1. The Kier molecular flexibility index (Phi) is 6.95. The predicted octanol–water partition coefficient (Wildman–Crippen LogP) is 3.47. The van der Waals surface area contributed by atoms with Crippen LogP contribution < -0.4 is 15.6 Å². The first-order chi connectivity index (χ1) is 12.1. The molecule has 0 fully saturated rings. The van der Waals surface area contributed by atoms with Crippen LogP contribution in [0.2, 0.25) is 0 Å². The number of carbonyl (C=O) groups excluding carboxylic acids is 2.